The van der Waals surface area contributed by atoms with E-state index in [1.165, 1.54) is 0 Å². The number of fused-ring (bicyclic) bond motifs is 1. The molecule has 28 heavy (non-hydrogen) atoms. The molecule has 0 aliphatic carbocycles. The summed E-state index contributed by atoms with van der Waals surface area (Å²) in [4.78, 5) is 13.9. The van der Waals surface area contributed by atoms with Crippen molar-refractivity contribution in [2.75, 3.05) is 32.7 Å². The number of nitrogens with zero attached hydrogens (tertiary/aromatic N) is 2. The largest absolute Gasteiger partial charge is 0.342 e. The lowest BCUT2D eigenvalue weighted by molar-refractivity contribution is -0.128. The van der Waals surface area contributed by atoms with Crippen molar-refractivity contribution in [2.24, 2.45) is 0 Å². The maximum absolute atomic E-state index is 13.4. The van der Waals surface area contributed by atoms with Crippen molar-refractivity contribution in [3.8, 4) is 0 Å². The van der Waals surface area contributed by atoms with Crippen LogP contribution in [0.2, 0.25) is 0 Å². The fraction of sp³-hybridized carbons (Fsp3) is 0.650. The van der Waals surface area contributed by atoms with Crippen LogP contribution in [0.5, 0.6) is 0 Å². The SMILES string of the molecule is CCCN(C1CCNCC1)S(=O)(=O)c1ccc2c(c1)CCN(C(C)=O)CC2.Cl. The van der Waals surface area contributed by atoms with E-state index in [9.17, 15) is 13.2 Å². The van der Waals surface area contributed by atoms with Crippen molar-refractivity contribution in [2.45, 2.75) is 56.9 Å². The minimum Gasteiger partial charge on any atom is -0.342 e. The smallest absolute Gasteiger partial charge is 0.243 e. The van der Waals surface area contributed by atoms with Gasteiger partial charge >= 0.3 is 0 Å². The Morgan fingerprint density at radius 1 is 1.18 bits per heavy atom. The predicted molar refractivity (Wildman–Crippen MR) is 113 cm³/mol. The van der Waals surface area contributed by atoms with E-state index in [0.717, 1.165) is 49.9 Å². The summed E-state index contributed by atoms with van der Waals surface area (Å²) in [7, 11) is -3.51. The number of carbonyl (C=O) groups excluding carboxylic acids is 1. The number of halogens is 1. The van der Waals surface area contributed by atoms with E-state index in [4.69, 9.17) is 0 Å². The summed E-state index contributed by atoms with van der Waals surface area (Å²) in [6.07, 6.45) is 4.01. The minimum absolute atomic E-state index is 0. The number of hydrogen-bond donors (Lipinski definition) is 1. The number of rotatable bonds is 5. The van der Waals surface area contributed by atoms with Gasteiger partial charge in [0.2, 0.25) is 15.9 Å². The lowest BCUT2D eigenvalue weighted by Crippen LogP contribution is -2.46. The molecule has 3 rings (SSSR count). The van der Waals surface area contributed by atoms with Gasteiger partial charge in [0.05, 0.1) is 4.90 Å². The first-order valence-electron chi connectivity index (χ1n) is 10.0. The van der Waals surface area contributed by atoms with Gasteiger partial charge in [-0.15, -0.1) is 12.4 Å². The summed E-state index contributed by atoms with van der Waals surface area (Å²) in [6, 6.07) is 5.61. The average Bonchev–Trinajstić information content (AvgIpc) is 2.88. The molecule has 0 aromatic heterocycles. The van der Waals surface area contributed by atoms with Crippen LogP contribution in [0.1, 0.15) is 44.2 Å². The van der Waals surface area contributed by atoms with Crippen LogP contribution >= 0.6 is 12.4 Å². The Hall–Kier alpha value is -1.15. The zero-order valence-corrected chi connectivity index (χ0v) is 18.4. The van der Waals surface area contributed by atoms with Crippen LogP contribution in [0.15, 0.2) is 23.1 Å². The molecule has 1 fully saturated rings. The third-order valence-electron chi connectivity index (χ3n) is 5.69. The van der Waals surface area contributed by atoms with Crippen LogP contribution in [-0.2, 0) is 27.7 Å². The van der Waals surface area contributed by atoms with Gasteiger partial charge in [-0.05, 0) is 68.5 Å². The number of sulfonamides is 1. The van der Waals surface area contributed by atoms with Gasteiger partial charge in [0.15, 0.2) is 0 Å². The molecule has 6 nitrogen and oxygen atoms in total. The number of carbonyl (C=O) groups is 1. The molecule has 0 unspecified atom stereocenters. The third-order valence-corrected chi connectivity index (χ3v) is 7.64. The predicted octanol–water partition coefficient (Wildman–Crippen LogP) is 2.21. The monoisotopic (exact) mass is 429 g/mol. The highest BCUT2D eigenvalue weighted by molar-refractivity contribution is 7.89. The van der Waals surface area contributed by atoms with Crippen LogP contribution in [0.3, 0.4) is 0 Å². The van der Waals surface area contributed by atoms with Crippen molar-refractivity contribution >= 4 is 28.3 Å². The molecule has 8 heteroatoms. The highest BCUT2D eigenvalue weighted by atomic mass is 35.5. The third kappa shape index (κ3) is 5.06. The number of nitrogens with one attached hydrogen (secondary N) is 1. The molecule has 1 aromatic rings. The van der Waals surface area contributed by atoms with Crippen LogP contribution in [0, 0.1) is 0 Å². The fourth-order valence-corrected chi connectivity index (χ4v) is 5.95. The normalized spacial score (nSPS) is 18.3. The molecular weight excluding hydrogens is 398 g/mol. The van der Waals surface area contributed by atoms with E-state index in [-0.39, 0.29) is 24.4 Å². The quantitative estimate of drug-likeness (QED) is 0.779. The highest BCUT2D eigenvalue weighted by Crippen LogP contribution is 2.26. The van der Waals surface area contributed by atoms with Crippen LogP contribution in [0.4, 0.5) is 0 Å². The fourth-order valence-electron chi connectivity index (χ4n) is 4.13. The lowest BCUT2D eigenvalue weighted by atomic mass is 10.0. The molecule has 2 aliphatic heterocycles. The number of benzene rings is 1. The standard InChI is InChI=1S/C20H31N3O3S.ClH/c1-3-12-23(19-6-10-21-11-7-19)27(25,26)20-5-4-17-8-13-22(16(2)24)14-9-18(17)15-20;/h4-5,15,19,21H,3,6-14H2,1-2H3;1H. The molecule has 0 spiro atoms. The zero-order chi connectivity index (χ0) is 19.4. The molecule has 0 radical (unpaired) electrons. The average molecular weight is 430 g/mol. The number of amides is 1. The van der Waals surface area contributed by atoms with E-state index < -0.39 is 10.0 Å². The summed E-state index contributed by atoms with van der Waals surface area (Å²) < 4.78 is 28.5. The molecule has 1 amide bonds. The van der Waals surface area contributed by atoms with Crippen LogP contribution in [0.25, 0.3) is 0 Å². The van der Waals surface area contributed by atoms with Gasteiger partial charge in [-0.1, -0.05) is 13.0 Å². The van der Waals surface area contributed by atoms with E-state index in [1.54, 1.807) is 17.3 Å². The van der Waals surface area contributed by atoms with Crippen molar-refractivity contribution in [3.05, 3.63) is 29.3 Å². The maximum atomic E-state index is 13.4. The Kier molecular flexibility index (Phi) is 8.30. The summed E-state index contributed by atoms with van der Waals surface area (Å²) >= 11 is 0. The maximum Gasteiger partial charge on any atom is 0.243 e. The molecule has 1 aromatic carbocycles. The van der Waals surface area contributed by atoms with Gasteiger partial charge in [-0.25, -0.2) is 8.42 Å². The Balaban J connectivity index is 0.00000280. The molecule has 2 aliphatic rings. The summed E-state index contributed by atoms with van der Waals surface area (Å²) in [5.41, 5.74) is 2.21. The topological polar surface area (TPSA) is 69.7 Å². The van der Waals surface area contributed by atoms with E-state index in [2.05, 4.69) is 5.32 Å². The minimum atomic E-state index is -3.51. The summed E-state index contributed by atoms with van der Waals surface area (Å²) in [5.74, 6) is 0.0793. The molecule has 2 heterocycles. The van der Waals surface area contributed by atoms with E-state index in [0.29, 0.717) is 31.0 Å². The molecule has 1 saturated heterocycles. The Labute approximate surface area is 175 Å². The van der Waals surface area contributed by atoms with Gasteiger partial charge in [0.1, 0.15) is 0 Å². The Bertz CT molecular complexity index is 779. The van der Waals surface area contributed by atoms with Gasteiger partial charge < -0.3 is 10.2 Å². The van der Waals surface area contributed by atoms with Crippen molar-refractivity contribution in [3.63, 3.8) is 0 Å². The number of hydrogen-bond acceptors (Lipinski definition) is 4. The Morgan fingerprint density at radius 2 is 1.82 bits per heavy atom. The molecular formula is C20H32ClN3O3S. The van der Waals surface area contributed by atoms with Crippen molar-refractivity contribution in [1.29, 1.82) is 0 Å². The summed E-state index contributed by atoms with van der Waals surface area (Å²) in [5, 5.41) is 3.31. The van der Waals surface area contributed by atoms with Gasteiger partial charge in [0.25, 0.3) is 0 Å². The van der Waals surface area contributed by atoms with Gasteiger partial charge in [0, 0.05) is 32.6 Å². The van der Waals surface area contributed by atoms with Crippen LogP contribution < -0.4 is 5.32 Å². The first-order valence-corrected chi connectivity index (χ1v) is 11.5. The van der Waals surface area contributed by atoms with Crippen molar-refractivity contribution < 1.29 is 13.2 Å². The first-order chi connectivity index (χ1) is 12.9. The van der Waals surface area contributed by atoms with E-state index >= 15 is 0 Å². The zero-order valence-electron chi connectivity index (χ0n) is 16.8. The second-order valence-corrected chi connectivity index (χ2v) is 9.42. The van der Waals surface area contributed by atoms with Crippen LogP contribution in [-0.4, -0.2) is 62.3 Å². The van der Waals surface area contributed by atoms with Gasteiger partial charge in [-0.3, -0.25) is 4.79 Å². The molecule has 1 N–H and O–H groups in total. The first kappa shape index (κ1) is 23.1. The lowest BCUT2D eigenvalue weighted by Gasteiger charge is -2.33. The van der Waals surface area contributed by atoms with Crippen molar-refractivity contribution in [1.82, 2.24) is 14.5 Å². The van der Waals surface area contributed by atoms with Gasteiger partial charge in [-0.2, -0.15) is 4.31 Å². The highest BCUT2D eigenvalue weighted by Gasteiger charge is 2.32. The van der Waals surface area contributed by atoms with E-state index in [1.807, 2.05) is 24.0 Å². The molecule has 0 bridgehead atoms. The molecule has 0 atom stereocenters. The Morgan fingerprint density at radius 3 is 2.43 bits per heavy atom. The molecule has 0 saturated carbocycles. The summed E-state index contributed by atoms with van der Waals surface area (Å²) in [6.45, 7) is 7.26. The molecule has 158 valence electrons. The second-order valence-electron chi connectivity index (χ2n) is 7.53. The number of piperidine rings is 1. The second kappa shape index (κ2) is 10.1.